The Labute approximate surface area is 110 Å². The number of rotatable bonds is 4. The van der Waals surface area contributed by atoms with Gasteiger partial charge in [-0.2, -0.15) is 5.26 Å². The minimum absolute atomic E-state index is 0.330. The summed E-state index contributed by atoms with van der Waals surface area (Å²) < 4.78 is 0. The fourth-order valence-electron chi connectivity index (χ4n) is 1.57. The van der Waals surface area contributed by atoms with Gasteiger partial charge in [-0.3, -0.25) is 4.98 Å². The van der Waals surface area contributed by atoms with Crippen molar-refractivity contribution >= 4 is 22.5 Å². The first-order valence-corrected chi connectivity index (χ1v) is 5.85. The third-order valence-electron chi connectivity index (χ3n) is 2.41. The summed E-state index contributed by atoms with van der Waals surface area (Å²) in [6, 6.07) is 7.59. The SMILES string of the molecule is CCOOCc1ccc2ncc(C#N)c(Cl)c2c1. The van der Waals surface area contributed by atoms with Crippen LogP contribution in [0.5, 0.6) is 0 Å². The Hall–Kier alpha value is -1.67. The highest BCUT2D eigenvalue weighted by Gasteiger charge is 2.07. The highest BCUT2D eigenvalue weighted by atomic mass is 35.5. The molecule has 2 rings (SSSR count). The Bertz CT molecular complexity index is 608. The maximum Gasteiger partial charge on any atom is 0.107 e. The van der Waals surface area contributed by atoms with E-state index in [4.69, 9.17) is 26.6 Å². The van der Waals surface area contributed by atoms with Gasteiger partial charge in [-0.05, 0) is 24.6 Å². The van der Waals surface area contributed by atoms with Gasteiger partial charge in [0.05, 0.1) is 22.7 Å². The van der Waals surface area contributed by atoms with Crippen LogP contribution in [0.25, 0.3) is 10.9 Å². The second-order valence-electron chi connectivity index (χ2n) is 3.62. The van der Waals surface area contributed by atoms with E-state index in [9.17, 15) is 0 Å². The summed E-state index contributed by atoms with van der Waals surface area (Å²) in [7, 11) is 0. The first kappa shape index (κ1) is 12.8. The molecule has 5 heteroatoms. The van der Waals surface area contributed by atoms with Crippen LogP contribution in [-0.4, -0.2) is 11.6 Å². The number of hydrogen-bond donors (Lipinski definition) is 0. The van der Waals surface area contributed by atoms with Crippen LogP contribution in [0.2, 0.25) is 5.02 Å². The Morgan fingerprint density at radius 1 is 1.39 bits per heavy atom. The third kappa shape index (κ3) is 2.59. The minimum atomic E-state index is 0.330. The molecular weight excluding hydrogens is 252 g/mol. The Morgan fingerprint density at radius 2 is 2.22 bits per heavy atom. The number of benzene rings is 1. The molecule has 0 aliphatic rings. The van der Waals surface area contributed by atoms with E-state index in [-0.39, 0.29) is 0 Å². The summed E-state index contributed by atoms with van der Waals surface area (Å²) in [5.74, 6) is 0. The number of nitrogens with zero attached hydrogens (tertiary/aromatic N) is 2. The number of nitriles is 1. The summed E-state index contributed by atoms with van der Waals surface area (Å²) in [6.45, 7) is 2.67. The van der Waals surface area contributed by atoms with Gasteiger partial charge in [0.25, 0.3) is 0 Å². The van der Waals surface area contributed by atoms with E-state index < -0.39 is 0 Å². The van der Waals surface area contributed by atoms with Gasteiger partial charge in [0, 0.05) is 11.6 Å². The normalized spacial score (nSPS) is 10.5. The zero-order valence-electron chi connectivity index (χ0n) is 9.81. The van der Waals surface area contributed by atoms with E-state index in [2.05, 4.69) is 4.98 Å². The van der Waals surface area contributed by atoms with Crippen LogP contribution in [0.3, 0.4) is 0 Å². The quantitative estimate of drug-likeness (QED) is 0.482. The highest BCUT2D eigenvalue weighted by Crippen LogP contribution is 2.26. The van der Waals surface area contributed by atoms with Gasteiger partial charge in [0.1, 0.15) is 12.7 Å². The van der Waals surface area contributed by atoms with Crippen molar-refractivity contribution in [2.75, 3.05) is 6.61 Å². The smallest absolute Gasteiger partial charge is 0.107 e. The van der Waals surface area contributed by atoms with Gasteiger partial charge < -0.3 is 0 Å². The van der Waals surface area contributed by atoms with Gasteiger partial charge in [-0.15, -0.1) is 0 Å². The van der Waals surface area contributed by atoms with Crippen LogP contribution >= 0.6 is 11.6 Å². The van der Waals surface area contributed by atoms with Crippen LogP contribution in [0.1, 0.15) is 18.1 Å². The molecule has 0 saturated carbocycles. The molecule has 2 aromatic rings. The first-order chi connectivity index (χ1) is 8.76. The van der Waals surface area contributed by atoms with E-state index >= 15 is 0 Å². The van der Waals surface area contributed by atoms with Crippen molar-refractivity contribution in [3.05, 3.63) is 40.5 Å². The zero-order valence-corrected chi connectivity index (χ0v) is 10.6. The number of fused-ring (bicyclic) bond motifs is 1. The van der Waals surface area contributed by atoms with Crippen molar-refractivity contribution in [2.45, 2.75) is 13.5 Å². The van der Waals surface area contributed by atoms with E-state index in [0.717, 1.165) is 16.5 Å². The first-order valence-electron chi connectivity index (χ1n) is 5.48. The van der Waals surface area contributed by atoms with Gasteiger partial charge in [0.2, 0.25) is 0 Å². The number of hydrogen-bond acceptors (Lipinski definition) is 4. The Morgan fingerprint density at radius 3 is 2.94 bits per heavy atom. The molecule has 0 bridgehead atoms. The number of pyridine rings is 1. The summed E-state index contributed by atoms with van der Waals surface area (Å²) in [6.07, 6.45) is 1.47. The van der Waals surface area contributed by atoms with Crippen molar-refractivity contribution in [1.29, 1.82) is 5.26 Å². The Balaban J connectivity index is 2.37. The molecule has 0 unspecified atom stereocenters. The predicted octanol–water partition coefficient (Wildman–Crippen LogP) is 3.23. The third-order valence-corrected chi connectivity index (χ3v) is 2.82. The van der Waals surface area contributed by atoms with Crippen LogP contribution in [0, 0.1) is 11.3 Å². The van der Waals surface area contributed by atoms with Crippen molar-refractivity contribution in [3.63, 3.8) is 0 Å². The van der Waals surface area contributed by atoms with E-state index in [1.165, 1.54) is 6.20 Å². The largest absolute Gasteiger partial charge is 0.255 e. The van der Waals surface area contributed by atoms with Gasteiger partial charge >= 0.3 is 0 Å². The topological polar surface area (TPSA) is 55.1 Å². The van der Waals surface area contributed by atoms with Gasteiger partial charge in [-0.25, -0.2) is 9.78 Å². The summed E-state index contributed by atoms with van der Waals surface area (Å²) in [5, 5.41) is 10.1. The summed E-state index contributed by atoms with van der Waals surface area (Å²) in [4.78, 5) is 14.0. The second kappa shape index (κ2) is 5.78. The standard InChI is InChI=1S/C13H11ClN2O2/c1-2-17-18-8-9-3-4-12-11(5-9)13(14)10(6-15)7-16-12/h3-5,7H,2,8H2,1H3. The molecule has 0 N–H and O–H groups in total. The lowest BCUT2D eigenvalue weighted by atomic mass is 10.1. The zero-order chi connectivity index (χ0) is 13.0. The number of aromatic nitrogens is 1. The maximum absolute atomic E-state index is 8.90. The van der Waals surface area contributed by atoms with Gasteiger partial charge in [-0.1, -0.05) is 17.7 Å². The monoisotopic (exact) mass is 262 g/mol. The van der Waals surface area contributed by atoms with Crippen LogP contribution in [0.15, 0.2) is 24.4 Å². The molecule has 0 atom stereocenters. The van der Waals surface area contributed by atoms with Crippen LogP contribution in [-0.2, 0) is 16.4 Å². The average molecular weight is 263 g/mol. The predicted molar refractivity (Wildman–Crippen MR) is 67.9 cm³/mol. The molecule has 1 aromatic carbocycles. The van der Waals surface area contributed by atoms with E-state index in [1.807, 2.05) is 31.2 Å². The maximum atomic E-state index is 8.90. The molecule has 0 radical (unpaired) electrons. The molecule has 4 nitrogen and oxygen atoms in total. The van der Waals surface area contributed by atoms with E-state index in [1.54, 1.807) is 0 Å². The fourth-order valence-corrected chi connectivity index (χ4v) is 1.81. The molecule has 1 heterocycles. The van der Waals surface area contributed by atoms with Crippen molar-refractivity contribution < 1.29 is 9.78 Å². The number of halogens is 1. The molecule has 1 aromatic heterocycles. The minimum Gasteiger partial charge on any atom is -0.255 e. The van der Waals surface area contributed by atoms with Gasteiger partial charge in [0.15, 0.2) is 0 Å². The Kier molecular flexibility index (Phi) is 4.11. The molecule has 92 valence electrons. The lowest BCUT2D eigenvalue weighted by molar-refractivity contribution is -0.300. The summed E-state index contributed by atoms with van der Waals surface area (Å²) in [5.41, 5.74) is 2.03. The second-order valence-corrected chi connectivity index (χ2v) is 4.00. The molecule has 0 amide bonds. The van der Waals surface area contributed by atoms with Crippen LogP contribution < -0.4 is 0 Å². The molecule has 0 fully saturated rings. The van der Waals surface area contributed by atoms with Crippen molar-refractivity contribution in [3.8, 4) is 6.07 Å². The van der Waals surface area contributed by atoms with Crippen LogP contribution in [0.4, 0.5) is 0 Å². The van der Waals surface area contributed by atoms with Crippen molar-refractivity contribution in [1.82, 2.24) is 4.98 Å². The molecule has 0 aliphatic heterocycles. The molecule has 0 spiro atoms. The highest BCUT2D eigenvalue weighted by molar-refractivity contribution is 6.36. The average Bonchev–Trinajstić information content (AvgIpc) is 2.40. The molecular formula is C13H11ClN2O2. The lowest BCUT2D eigenvalue weighted by Gasteiger charge is -2.05. The lowest BCUT2D eigenvalue weighted by Crippen LogP contribution is -1.95. The van der Waals surface area contributed by atoms with Crippen molar-refractivity contribution in [2.24, 2.45) is 0 Å². The van der Waals surface area contributed by atoms with E-state index in [0.29, 0.717) is 23.8 Å². The fraction of sp³-hybridized carbons (Fsp3) is 0.231. The molecule has 0 saturated heterocycles. The summed E-state index contributed by atoms with van der Waals surface area (Å²) >= 11 is 6.14. The molecule has 0 aliphatic carbocycles. The molecule has 18 heavy (non-hydrogen) atoms.